The van der Waals surface area contributed by atoms with Gasteiger partial charge in [-0.1, -0.05) is 20.8 Å². The first-order valence-corrected chi connectivity index (χ1v) is 10.5. The van der Waals surface area contributed by atoms with Crippen molar-refractivity contribution < 1.29 is 22.8 Å². The third kappa shape index (κ3) is 4.87. The van der Waals surface area contributed by atoms with Gasteiger partial charge in [0.05, 0.1) is 5.69 Å². The molecule has 0 bridgehead atoms. The maximum atomic E-state index is 13.2. The number of halogens is 3. The number of imide groups is 1. The van der Waals surface area contributed by atoms with Gasteiger partial charge < -0.3 is 4.90 Å². The zero-order valence-electron chi connectivity index (χ0n) is 17.9. The summed E-state index contributed by atoms with van der Waals surface area (Å²) in [4.78, 5) is 33.1. The Kier molecular flexibility index (Phi) is 5.86. The smallest absolute Gasteiger partial charge is 0.305 e. The monoisotopic (exact) mass is 451 g/mol. The topological polar surface area (TPSA) is 53.5 Å². The maximum Gasteiger partial charge on any atom is 0.446 e. The fourth-order valence-corrected chi connectivity index (χ4v) is 3.83. The van der Waals surface area contributed by atoms with Gasteiger partial charge in [-0.15, -0.1) is 0 Å². The Morgan fingerprint density at radius 3 is 2.19 bits per heavy atom. The number of amides is 3. The van der Waals surface area contributed by atoms with E-state index in [0.717, 1.165) is 16.2 Å². The average molecular weight is 452 g/mol. The van der Waals surface area contributed by atoms with E-state index in [-0.39, 0.29) is 34.3 Å². The minimum atomic E-state index is -4.41. The molecule has 2 aromatic rings. The number of thioether (sulfide) groups is 1. The van der Waals surface area contributed by atoms with Crippen molar-refractivity contribution in [1.82, 2.24) is 9.88 Å². The summed E-state index contributed by atoms with van der Waals surface area (Å²) in [6, 6.07) is 8.42. The first-order chi connectivity index (χ1) is 14.2. The molecule has 0 aliphatic carbocycles. The minimum absolute atomic E-state index is 0.0158. The molecule has 5 nitrogen and oxygen atoms in total. The number of rotatable bonds is 4. The Balaban J connectivity index is 1.87. The van der Waals surface area contributed by atoms with E-state index >= 15 is 0 Å². The highest BCUT2D eigenvalue weighted by Crippen LogP contribution is 2.39. The van der Waals surface area contributed by atoms with Crippen LogP contribution in [-0.2, 0) is 16.8 Å². The van der Waals surface area contributed by atoms with Crippen molar-refractivity contribution in [1.29, 1.82) is 0 Å². The molecule has 3 rings (SSSR count). The highest BCUT2D eigenvalue weighted by atomic mass is 32.2. The Bertz CT molecular complexity index is 998. The Morgan fingerprint density at radius 2 is 1.65 bits per heavy atom. The average Bonchev–Trinajstić information content (AvgIpc) is 2.81. The lowest BCUT2D eigenvalue weighted by Gasteiger charge is -2.28. The first-order valence-electron chi connectivity index (χ1n) is 9.67. The number of benzene rings is 1. The minimum Gasteiger partial charge on any atom is -0.305 e. The number of alkyl halides is 3. The first kappa shape index (κ1) is 23.1. The zero-order valence-corrected chi connectivity index (χ0v) is 18.8. The second-order valence-corrected chi connectivity index (χ2v) is 10.0. The number of hydrogen-bond donors (Lipinski definition) is 0. The van der Waals surface area contributed by atoms with E-state index in [0.29, 0.717) is 0 Å². The predicted molar refractivity (Wildman–Crippen MR) is 114 cm³/mol. The van der Waals surface area contributed by atoms with Gasteiger partial charge in [0.15, 0.2) is 0 Å². The molecule has 0 radical (unpaired) electrons. The predicted octanol–water partition coefficient (Wildman–Crippen LogP) is 5.74. The van der Waals surface area contributed by atoms with E-state index in [2.05, 4.69) is 4.98 Å². The van der Waals surface area contributed by atoms with Gasteiger partial charge in [-0.2, -0.15) is 13.2 Å². The van der Waals surface area contributed by atoms with Crippen molar-refractivity contribution in [2.45, 2.75) is 62.5 Å². The van der Waals surface area contributed by atoms with Crippen molar-refractivity contribution >= 4 is 29.4 Å². The van der Waals surface area contributed by atoms with Crippen LogP contribution in [-0.4, -0.2) is 32.9 Å². The van der Waals surface area contributed by atoms with Crippen LogP contribution in [0.4, 0.5) is 23.7 Å². The van der Waals surface area contributed by atoms with E-state index < -0.39 is 23.0 Å². The van der Waals surface area contributed by atoms with Crippen molar-refractivity contribution in [3.8, 4) is 0 Å². The molecule has 1 aromatic carbocycles. The van der Waals surface area contributed by atoms with Crippen LogP contribution in [0.1, 0.15) is 45.9 Å². The lowest BCUT2D eigenvalue weighted by molar-refractivity contribution is -0.123. The van der Waals surface area contributed by atoms with Crippen molar-refractivity contribution in [2.24, 2.45) is 0 Å². The highest BCUT2D eigenvalue weighted by molar-refractivity contribution is 8.00. The molecule has 0 unspecified atom stereocenters. The van der Waals surface area contributed by atoms with Gasteiger partial charge in [0.25, 0.3) is 5.91 Å². The van der Waals surface area contributed by atoms with Crippen molar-refractivity contribution in [3.63, 3.8) is 0 Å². The molecule has 1 aliphatic rings. The number of nitrogens with zero attached hydrogens (tertiary/aromatic N) is 3. The second kappa shape index (κ2) is 7.85. The van der Waals surface area contributed by atoms with Crippen LogP contribution in [0, 0.1) is 0 Å². The molecule has 0 atom stereocenters. The Morgan fingerprint density at radius 1 is 1.03 bits per heavy atom. The summed E-state index contributed by atoms with van der Waals surface area (Å²) in [6.07, 6.45) is 1.68. The van der Waals surface area contributed by atoms with Gasteiger partial charge in [-0.25, -0.2) is 9.69 Å². The molecule has 31 heavy (non-hydrogen) atoms. The lowest BCUT2D eigenvalue weighted by Crippen LogP contribution is -2.43. The molecule has 1 saturated heterocycles. The molecule has 166 valence electrons. The van der Waals surface area contributed by atoms with E-state index in [1.165, 1.54) is 29.2 Å². The molecule has 1 aromatic heterocycles. The number of urea groups is 1. The molecular formula is C22H24F3N3O2S. The molecule has 1 aliphatic heterocycles. The summed E-state index contributed by atoms with van der Waals surface area (Å²) >= 11 is -0.246. The van der Waals surface area contributed by atoms with Gasteiger partial charge in [0, 0.05) is 28.7 Å². The van der Waals surface area contributed by atoms with Gasteiger partial charge in [0.2, 0.25) is 0 Å². The highest BCUT2D eigenvalue weighted by Gasteiger charge is 2.51. The third-order valence-corrected chi connectivity index (χ3v) is 5.82. The van der Waals surface area contributed by atoms with Crippen molar-refractivity contribution in [3.05, 3.63) is 53.9 Å². The number of anilines is 1. The summed E-state index contributed by atoms with van der Waals surface area (Å²) < 4.78 is 37.7. The summed E-state index contributed by atoms with van der Waals surface area (Å²) in [6.45, 7) is 9.64. The van der Waals surface area contributed by atoms with Crippen LogP contribution in [0.15, 0.2) is 47.5 Å². The second-order valence-electron chi connectivity index (χ2n) is 8.91. The normalized spacial score (nSPS) is 16.9. The Labute approximate surface area is 183 Å². The van der Waals surface area contributed by atoms with Crippen LogP contribution in [0.3, 0.4) is 0 Å². The number of carbonyl (C=O) groups is 2. The molecule has 2 heterocycles. The van der Waals surface area contributed by atoms with Gasteiger partial charge in [-0.05, 0) is 67.6 Å². The molecule has 1 fully saturated rings. The summed E-state index contributed by atoms with van der Waals surface area (Å²) in [5, 5.41) is 0. The number of aromatic nitrogens is 1. The number of carbonyl (C=O) groups excluding carboxylic acids is 2. The zero-order chi connectivity index (χ0) is 23.2. The third-order valence-electron chi connectivity index (χ3n) is 5.09. The fourth-order valence-electron chi connectivity index (χ4n) is 3.29. The number of pyridine rings is 1. The summed E-state index contributed by atoms with van der Waals surface area (Å²) in [5.74, 6) is -0.432. The van der Waals surface area contributed by atoms with Crippen LogP contribution in [0.2, 0.25) is 0 Å². The summed E-state index contributed by atoms with van der Waals surface area (Å²) in [5.41, 5.74) is -3.73. The fraction of sp³-hybridized carbons (Fsp3) is 0.409. The van der Waals surface area contributed by atoms with E-state index in [1.807, 2.05) is 26.8 Å². The molecule has 9 heteroatoms. The molecule has 0 spiro atoms. The Hall–Kier alpha value is -2.55. The van der Waals surface area contributed by atoms with Crippen LogP contribution in [0.5, 0.6) is 0 Å². The van der Waals surface area contributed by atoms with Crippen LogP contribution < -0.4 is 4.90 Å². The van der Waals surface area contributed by atoms with Crippen LogP contribution >= 0.6 is 11.8 Å². The number of hydrogen-bond acceptors (Lipinski definition) is 4. The standard InChI is InChI=1S/C22H24F3N3O2S/c1-20(2,3)17-12-14(10-11-26-17)13-27-19(30)28(18(29)21(27,4)5)15-6-8-16(9-7-15)31-22(23,24)25/h6-12H,13H2,1-5H3. The lowest BCUT2D eigenvalue weighted by atomic mass is 9.90. The van der Waals surface area contributed by atoms with E-state index in [9.17, 15) is 22.8 Å². The quantitative estimate of drug-likeness (QED) is 0.440. The molecular weight excluding hydrogens is 427 g/mol. The SMILES string of the molecule is CC(C)(C)c1cc(CN2C(=O)N(c3ccc(SC(F)(F)F)cc3)C(=O)C2(C)C)ccn1. The van der Waals surface area contributed by atoms with E-state index in [1.54, 1.807) is 26.1 Å². The summed E-state index contributed by atoms with van der Waals surface area (Å²) in [7, 11) is 0. The van der Waals surface area contributed by atoms with E-state index in [4.69, 9.17) is 0 Å². The molecule has 0 N–H and O–H groups in total. The van der Waals surface area contributed by atoms with Gasteiger partial charge >= 0.3 is 11.5 Å². The van der Waals surface area contributed by atoms with Crippen LogP contribution in [0.25, 0.3) is 0 Å². The van der Waals surface area contributed by atoms with Gasteiger partial charge in [-0.3, -0.25) is 9.78 Å². The largest absolute Gasteiger partial charge is 0.446 e. The molecule has 3 amide bonds. The molecule has 0 saturated carbocycles. The van der Waals surface area contributed by atoms with Crippen molar-refractivity contribution in [2.75, 3.05) is 4.90 Å². The van der Waals surface area contributed by atoms with Gasteiger partial charge in [0.1, 0.15) is 5.54 Å². The maximum absolute atomic E-state index is 13.2.